The molecule has 3 rings (SSSR count). The van der Waals surface area contributed by atoms with Crippen LogP contribution in [0.1, 0.15) is 71.9 Å². The molecule has 0 N–H and O–H groups in total. The van der Waals surface area contributed by atoms with E-state index in [0.29, 0.717) is 0 Å². The first-order valence-corrected chi connectivity index (χ1v) is 9.45. The predicted octanol–water partition coefficient (Wildman–Crippen LogP) is 6.46. The number of hydrogen-bond acceptors (Lipinski definition) is 1. The molecule has 0 bridgehead atoms. The zero-order chi connectivity index (χ0) is 17.8. The van der Waals surface area contributed by atoms with E-state index in [0.717, 1.165) is 11.6 Å². The van der Waals surface area contributed by atoms with Crippen LogP contribution in [0.2, 0.25) is 0 Å². The van der Waals surface area contributed by atoms with Crippen molar-refractivity contribution in [1.29, 1.82) is 0 Å². The van der Waals surface area contributed by atoms with E-state index in [4.69, 9.17) is 4.99 Å². The third-order valence-electron chi connectivity index (χ3n) is 5.22. The highest BCUT2D eigenvalue weighted by molar-refractivity contribution is 6.15. The Labute approximate surface area is 152 Å². The van der Waals surface area contributed by atoms with Gasteiger partial charge in [-0.05, 0) is 68.9 Å². The average Bonchev–Trinajstić information content (AvgIpc) is 3.11. The lowest BCUT2D eigenvalue weighted by atomic mass is 9.89. The lowest BCUT2D eigenvalue weighted by Gasteiger charge is -2.16. The monoisotopic (exact) mass is 331 g/mol. The molecule has 0 aromatic heterocycles. The molecular weight excluding hydrogens is 302 g/mol. The lowest BCUT2D eigenvalue weighted by Crippen LogP contribution is -2.08. The van der Waals surface area contributed by atoms with Crippen molar-refractivity contribution in [3.8, 4) is 0 Å². The van der Waals surface area contributed by atoms with E-state index in [1.807, 2.05) is 7.05 Å². The second-order valence-electron chi connectivity index (χ2n) is 7.28. The molecule has 1 saturated carbocycles. The van der Waals surface area contributed by atoms with Crippen molar-refractivity contribution in [3.63, 3.8) is 0 Å². The second-order valence-corrected chi connectivity index (χ2v) is 7.28. The van der Waals surface area contributed by atoms with E-state index >= 15 is 0 Å². The predicted molar refractivity (Wildman–Crippen MR) is 110 cm³/mol. The topological polar surface area (TPSA) is 12.4 Å². The highest BCUT2D eigenvalue weighted by Crippen LogP contribution is 2.35. The normalized spacial score (nSPS) is 16.1. The summed E-state index contributed by atoms with van der Waals surface area (Å²) in [6.45, 7) is 6.39. The van der Waals surface area contributed by atoms with E-state index in [9.17, 15) is 0 Å². The Bertz CT molecular complexity index is 785. The molecule has 0 amide bonds. The van der Waals surface area contributed by atoms with Gasteiger partial charge in [-0.2, -0.15) is 0 Å². The Morgan fingerprint density at radius 2 is 1.68 bits per heavy atom. The summed E-state index contributed by atoms with van der Waals surface area (Å²) in [6.07, 6.45) is 9.68. The van der Waals surface area contributed by atoms with Gasteiger partial charge in [-0.15, -0.1) is 0 Å². The van der Waals surface area contributed by atoms with Gasteiger partial charge < -0.3 is 0 Å². The molecule has 1 heteroatoms. The van der Waals surface area contributed by atoms with Gasteiger partial charge in [0.05, 0.1) is 5.71 Å². The number of allylic oxidation sites excluding steroid dienone is 1. The Morgan fingerprint density at radius 3 is 2.28 bits per heavy atom. The molecule has 25 heavy (non-hydrogen) atoms. The van der Waals surface area contributed by atoms with E-state index < -0.39 is 0 Å². The molecule has 0 heterocycles. The summed E-state index contributed by atoms with van der Waals surface area (Å²) in [7, 11) is 1.91. The first kappa shape index (κ1) is 17.7. The molecule has 2 aromatic carbocycles. The van der Waals surface area contributed by atoms with Gasteiger partial charge in [-0.1, -0.05) is 54.3 Å². The smallest absolute Gasteiger partial charge is 0.0721 e. The number of rotatable bonds is 4. The van der Waals surface area contributed by atoms with Gasteiger partial charge in [0.25, 0.3) is 0 Å². The van der Waals surface area contributed by atoms with Crippen LogP contribution in [0.3, 0.4) is 0 Å². The fraction of sp³-hybridized carbons (Fsp3) is 0.375. The Morgan fingerprint density at radius 1 is 1.00 bits per heavy atom. The molecule has 1 aliphatic carbocycles. The molecule has 0 spiro atoms. The van der Waals surface area contributed by atoms with Gasteiger partial charge in [0.1, 0.15) is 0 Å². The molecule has 130 valence electrons. The molecule has 0 aliphatic heterocycles. The van der Waals surface area contributed by atoms with Crippen molar-refractivity contribution in [2.75, 3.05) is 7.05 Å². The van der Waals surface area contributed by atoms with Crippen molar-refractivity contribution in [1.82, 2.24) is 0 Å². The molecule has 1 nitrogen and oxygen atoms in total. The van der Waals surface area contributed by atoms with Crippen LogP contribution in [-0.4, -0.2) is 12.8 Å². The summed E-state index contributed by atoms with van der Waals surface area (Å²) >= 11 is 0. The average molecular weight is 332 g/mol. The Kier molecular flexibility index (Phi) is 5.53. The van der Waals surface area contributed by atoms with E-state index in [-0.39, 0.29) is 0 Å². The summed E-state index contributed by atoms with van der Waals surface area (Å²) < 4.78 is 0. The lowest BCUT2D eigenvalue weighted by molar-refractivity contribution is 0.723. The van der Waals surface area contributed by atoms with Crippen LogP contribution in [0, 0.1) is 13.8 Å². The van der Waals surface area contributed by atoms with Crippen LogP contribution >= 0.6 is 0 Å². The van der Waals surface area contributed by atoms with Crippen LogP contribution in [0.15, 0.2) is 47.5 Å². The number of nitrogens with zero attached hydrogens (tertiary/aromatic N) is 1. The standard InChI is InChI=1S/C24H29N/c1-5-8-20-11-12-21(19-9-6-7-10-19)16-23(20)24(25-4)22-14-17(2)13-18(3)15-22/h5,8,11-16,19H,6-7,9-10H2,1-4H3/b8-5-,25-24+. The van der Waals surface area contributed by atoms with Gasteiger partial charge in [0.15, 0.2) is 0 Å². The zero-order valence-electron chi connectivity index (χ0n) is 16.0. The minimum absolute atomic E-state index is 0.718. The van der Waals surface area contributed by atoms with E-state index in [2.05, 4.69) is 69.3 Å². The largest absolute Gasteiger partial charge is 0.287 e. The molecule has 1 fully saturated rings. The third kappa shape index (κ3) is 3.92. The number of aliphatic imine (C=N–C) groups is 1. The Balaban J connectivity index is 2.12. The first-order valence-electron chi connectivity index (χ1n) is 9.45. The zero-order valence-corrected chi connectivity index (χ0v) is 16.0. The SMILES string of the molecule is C/C=C\c1ccc(C2CCCC2)cc1/C(=N/C)c1cc(C)cc(C)c1. The fourth-order valence-electron chi connectivity index (χ4n) is 4.13. The summed E-state index contributed by atoms with van der Waals surface area (Å²) in [5, 5.41) is 0. The van der Waals surface area contributed by atoms with Crippen LogP contribution in [-0.2, 0) is 0 Å². The minimum atomic E-state index is 0.718. The number of hydrogen-bond donors (Lipinski definition) is 0. The quantitative estimate of drug-likeness (QED) is 0.570. The summed E-state index contributed by atoms with van der Waals surface area (Å²) in [6, 6.07) is 13.7. The third-order valence-corrected chi connectivity index (χ3v) is 5.22. The van der Waals surface area contributed by atoms with Crippen molar-refractivity contribution in [3.05, 3.63) is 75.9 Å². The fourth-order valence-corrected chi connectivity index (χ4v) is 4.13. The van der Waals surface area contributed by atoms with Crippen LogP contribution in [0.4, 0.5) is 0 Å². The number of aryl methyl sites for hydroxylation is 2. The van der Waals surface area contributed by atoms with Gasteiger partial charge in [-0.25, -0.2) is 0 Å². The van der Waals surface area contributed by atoms with Crippen molar-refractivity contribution < 1.29 is 0 Å². The summed E-state index contributed by atoms with van der Waals surface area (Å²) in [4.78, 5) is 4.70. The van der Waals surface area contributed by atoms with E-state index in [1.54, 1.807) is 0 Å². The van der Waals surface area contributed by atoms with Crippen molar-refractivity contribution in [2.45, 2.75) is 52.4 Å². The molecular formula is C24H29N. The van der Waals surface area contributed by atoms with E-state index in [1.165, 1.54) is 59.1 Å². The van der Waals surface area contributed by atoms with Crippen molar-refractivity contribution in [2.24, 2.45) is 4.99 Å². The molecule has 1 aliphatic rings. The van der Waals surface area contributed by atoms with Gasteiger partial charge in [-0.3, -0.25) is 4.99 Å². The maximum Gasteiger partial charge on any atom is 0.0721 e. The Hall–Kier alpha value is -2.15. The highest BCUT2D eigenvalue weighted by atomic mass is 14.7. The maximum atomic E-state index is 4.70. The highest BCUT2D eigenvalue weighted by Gasteiger charge is 2.19. The molecule has 0 atom stereocenters. The van der Waals surface area contributed by atoms with Gasteiger partial charge in [0.2, 0.25) is 0 Å². The van der Waals surface area contributed by atoms with Crippen LogP contribution in [0.5, 0.6) is 0 Å². The van der Waals surface area contributed by atoms with Crippen molar-refractivity contribution >= 4 is 11.8 Å². The molecule has 2 aromatic rings. The first-order chi connectivity index (χ1) is 12.1. The van der Waals surface area contributed by atoms with Crippen LogP contribution in [0.25, 0.3) is 6.08 Å². The summed E-state index contributed by atoms with van der Waals surface area (Å²) in [5.41, 5.74) is 8.88. The van der Waals surface area contributed by atoms with Gasteiger partial charge >= 0.3 is 0 Å². The number of benzene rings is 2. The summed E-state index contributed by atoms with van der Waals surface area (Å²) in [5.74, 6) is 0.718. The maximum absolute atomic E-state index is 4.70. The van der Waals surface area contributed by atoms with Crippen LogP contribution < -0.4 is 0 Å². The minimum Gasteiger partial charge on any atom is -0.287 e. The molecule has 0 radical (unpaired) electrons. The molecule has 0 saturated heterocycles. The second kappa shape index (κ2) is 7.82. The van der Waals surface area contributed by atoms with Gasteiger partial charge in [0, 0.05) is 18.2 Å². The molecule has 0 unspecified atom stereocenters.